The molecule has 128 valence electrons. The van der Waals surface area contributed by atoms with Crippen LogP contribution in [0.2, 0.25) is 0 Å². The molecule has 0 unspecified atom stereocenters. The number of rotatable bonds is 3. The summed E-state index contributed by atoms with van der Waals surface area (Å²) >= 11 is 0. The monoisotopic (exact) mass is 340 g/mol. The van der Waals surface area contributed by atoms with Gasteiger partial charge in [0.05, 0.1) is 6.54 Å². The highest BCUT2D eigenvalue weighted by Gasteiger charge is 2.31. The van der Waals surface area contributed by atoms with Crippen LogP contribution in [0.5, 0.6) is 0 Å². The van der Waals surface area contributed by atoms with Gasteiger partial charge >= 0.3 is 6.03 Å². The molecular formula is C17H16N4O4. The summed E-state index contributed by atoms with van der Waals surface area (Å²) < 4.78 is 5.82. The van der Waals surface area contributed by atoms with Gasteiger partial charge in [-0.05, 0) is 12.1 Å². The number of nitrogens with zero attached hydrogens (tertiary/aromatic N) is 3. The third-order valence-corrected chi connectivity index (χ3v) is 4.30. The summed E-state index contributed by atoms with van der Waals surface area (Å²) in [7, 11) is 0. The Balaban J connectivity index is 1.46. The molecule has 8 heteroatoms. The van der Waals surface area contributed by atoms with Gasteiger partial charge in [0, 0.05) is 18.5 Å². The summed E-state index contributed by atoms with van der Waals surface area (Å²) in [5, 5.41) is 2.16. The minimum absolute atomic E-state index is 0.0776. The van der Waals surface area contributed by atoms with Gasteiger partial charge in [-0.3, -0.25) is 14.9 Å². The fourth-order valence-corrected chi connectivity index (χ4v) is 2.99. The highest BCUT2D eigenvalue weighted by molar-refractivity contribution is 6.03. The second-order valence-corrected chi connectivity index (χ2v) is 6.03. The number of carbonyl (C=O) groups is 3. The molecule has 4 rings (SSSR count). The second-order valence-electron chi connectivity index (χ2n) is 6.03. The summed E-state index contributed by atoms with van der Waals surface area (Å²) in [5.41, 5.74) is 1.63. The molecule has 4 amide bonds. The normalized spacial score (nSPS) is 16.8. The molecule has 1 N–H and O–H groups in total. The number of fused-ring (bicyclic) bond motifs is 1. The molecule has 2 aromatic rings. The van der Waals surface area contributed by atoms with E-state index in [2.05, 4.69) is 10.3 Å². The molecule has 0 aliphatic carbocycles. The first kappa shape index (κ1) is 15.4. The Morgan fingerprint density at radius 2 is 2.00 bits per heavy atom. The number of hydrogen-bond acceptors (Lipinski definition) is 5. The smallest absolute Gasteiger partial charge is 0.325 e. The molecular weight excluding hydrogens is 324 g/mol. The topological polar surface area (TPSA) is 95.8 Å². The zero-order valence-electron chi connectivity index (χ0n) is 13.4. The number of nitrogens with one attached hydrogen (secondary N) is 1. The molecule has 2 aliphatic heterocycles. The van der Waals surface area contributed by atoms with E-state index in [1.807, 2.05) is 30.3 Å². The first-order valence-corrected chi connectivity index (χ1v) is 8.00. The molecule has 2 aliphatic rings. The second kappa shape index (κ2) is 6.04. The SMILES string of the molecule is O=C1CN(CC(=O)N2CCc3oc(-c4ccccc4)nc3C2)C(=O)N1. The standard InChI is InChI=1S/C17H16N4O4/c22-14-9-21(17(24)19-14)10-15(23)20-7-6-13-12(8-20)18-16(25-13)11-4-2-1-3-5-11/h1-5H,6-10H2,(H,19,22,24). The van der Waals surface area contributed by atoms with Gasteiger partial charge in [0.25, 0.3) is 0 Å². The number of amides is 4. The van der Waals surface area contributed by atoms with Crippen LogP contribution in [-0.2, 0) is 22.6 Å². The predicted molar refractivity (Wildman–Crippen MR) is 86.2 cm³/mol. The third-order valence-electron chi connectivity index (χ3n) is 4.30. The van der Waals surface area contributed by atoms with E-state index < -0.39 is 6.03 Å². The number of aromatic nitrogens is 1. The Kier molecular flexibility index (Phi) is 3.72. The quantitative estimate of drug-likeness (QED) is 0.833. The summed E-state index contributed by atoms with van der Waals surface area (Å²) in [5.74, 6) is 0.740. The maximum absolute atomic E-state index is 12.4. The van der Waals surface area contributed by atoms with E-state index in [0.717, 1.165) is 17.0 Å². The Morgan fingerprint density at radius 1 is 1.20 bits per heavy atom. The van der Waals surface area contributed by atoms with Crippen molar-refractivity contribution in [2.75, 3.05) is 19.6 Å². The van der Waals surface area contributed by atoms with Crippen molar-refractivity contribution >= 4 is 17.8 Å². The van der Waals surface area contributed by atoms with Crippen molar-refractivity contribution in [2.45, 2.75) is 13.0 Å². The summed E-state index contributed by atoms with van der Waals surface area (Å²) in [4.78, 5) is 42.5. The van der Waals surface area contributed by atoms with Crippen molar-refractivity contribution in [2.24, 2.45) is 0 Å². The van der Waals surface area contributed by atoms with Gasteiger partial charge in [-0.15, -0.1) is 0 Å². The van der Waals surface area contributed by atoms with Crippen LogP contribution < -0.4 is 5.32 Å². The third kappa shape index (κ3) is 2.98. The van der Waals surface area contributed by atoms with Crippen LogP contribution in [-0.4, -0.2) is 52.3 Å². The molecule has 0 spiro atoms. The molecule has 0 radical (unpaired) electrons. The highest BCUT2D eigenvalue weighted by Crippen LogP contribution is 2.26. The largest absolute Gasteiger partial charge is 0.441 e. The van der Waals surface area contributed by atoms with Gasteiger partial charge in [0.15, 0.2) is 0 Å². The van der Waals surface area contributed by atoms with Crippen molar-refractivity contribution in [3.8, 4) is 11.5 Å². The number of oxazole rings is 1. The molecule has 1 aromatic carbocycles. The Bertz CT molecular complexity index is 846. The van der Waals surface area contributed by atoms with E-state index >= 15 is 0 Å². The first-order valence-electron chi connectivity index (χ1n) is 8.00. The lowest BCUT2D eigenvalue weighted by atomic mass is 10.1. The zero-order chi connectivity index (χ0) is 17.4. The lowest BCUT2D eigenvalue weighted by Gasteiger charge is -2.26. The maximum atomic E-state index is 12.4. The van der Waals surface area contributed by atoms with Crippen LogP contribution >= 0.6 is 0 Å². The number of hydrogen-bond donors (Lipinski definition) is 1. The Hall–Kier alpha value is -3.16. The lowest BCUT2D eigenvalue weighted by molar-refractivity contribution is -0.132. The van der Waals surface area contributed by atoms with E-state index in [1.165, 1.54) is 4.90 Å². The van der Waals surface area contributed by atoms with Crippen molar-refractivity contribution in [1.29, 1.82) is 0 Å². The predicted octanol–water partition coefficient (Wildman–Crippen LogP) is 0.778. The average molecular weight is 340 g/mol. The van der Waals surface area contributed by atoms with E-state index in [1.54, 1.807) is 4.90 Å². The van der Waals surface area contributed by atoms with Gasteiger partial charge in [0.1, 0.15) is 24.5 Å². The van der Waals surface area contributed by atoms with Crippen molar-refractivity contribution in [1.82, 2.24) is 20.1 Å². The van der Waals surface area contributed by atoms with E-state index in [-0.39, 0.29) is 24.9 Å². The van der Waals surface area contributed by atoms with Crippen LogP contribution in [0.3, 0.4) is 0 Å². The van der Waals surface area contributed by atoms with Crippen LogP contribution in [0.25, 0.3) is 11.5 Å². The minimum Gasteiger partial charge on any atom is -0.441 e. The fraction of sp³-hybridized carbons (Fsp3) is 0.294. The van der Waals surface area contributed by atoms with Gasteiger partial charge in [-0.25, -0.2) is 9.78 Å². The molecule has 1 saturated heterocycles. The average Bonchev–Trinajstić information content (AvgIpc) is 3.17. The van der Waals surface area contributed by atoms with Crippen LogP contribution in [0.15, 0.2) is 34.7 Å². The maximum Gasteiger partial charge on any atom is 0.325 e. The van der Waals surface area contributed by atoms with Gasteiger partial charge in [0.2, 0.25) is 17.7 Å². The molecule has 0 bridgehead atoms. The number of carbonyl (C=O) groups excluding carboxylic acids is 3. The molecule has 8 nitrogen and oxygen atoms in total. The fourth-order valence-electron chi connectivity index (χ4n) is 2.99. The van der Waals surface area contributed by atoms with Gasteiger partial charge in [-0.1, -0.05) is 18.2 Å². The highest BCUT2D eigenvalue weighted by atomic mass is 16.4. The molecule has 0 saturated carbocycles. The molecule has 0 atom stereocenters. The Morgan fingerprint density at radius 3 is 2.72 bits per heavy atom. The van der Waals surface area contributed by atoms with Crippen molar-refractivity contribution < 1.29 is 18.8 Å². The summed E-state index contributed by atoms with van der Waals surface area (Å²) in [6.07, 6.45) is 0.575. The van der Waals surface area contributed by atoms with Crippen LogP contribution in [0, 0.1) is 0 Å². The minimum atomic E-state index is -0.524. The summed E-state index contributed by atoms with van der Waals surface area (Å²) in [6, 6.07) is 9.06. The molecule has 1 aromatic heterocycles. The van der Waals surface area contributed by atoms with Gasteiger partial charge < -0.3 is 14.2 Å². The molecule has 3 heterocycles. The number of benzene rings is 1. The first-order chi connectivity index (χ1) is 12.1. The molecule has 25 heavy (non-hydrogen) atoms. The lowest BCUT2D eigenvalue weighted by Crippen LogP contribution is -2.43. The van der Waals surface area contributed by atoms with Crippen LogP contribution in [0.4, 0.5) is 4.79 Å². The molecule has 1 fully saturated rings. The number of imide groups is 1. The van der Waals surface area contributed by atoms with E-state index in [4.69, 9.17) is 4.42 Å². The van der Waals surface area contributed by atoms with E-state index in [0.29, 0.717) is 25.4 Å². The van der Waals surface area contributed by atoms with Crippen molar-refractivity contribution in [3.63, 3.8) is 0 Å². The van der Waals surface area contributed by atoms with Crippen LogP contribution in [0.1, 0.15) is 11.5 Å². The Labute approximate surface area is 143 Å². The zero-order valence-corrected chi connectivity index (χ0v) is 13.4. The van der Waals surface area contributed by atoms with Crippen molar-refractivity contribution in [3.05, 3.63) is 41.8 Å². The van der Waals surface area contributed by atoms with E-state index in [9.17, 15) is 14.4 Å². The number of urea groups is 1. The summed E-state index contributed by atoms with van der Waals surface area (Å²) in [6.45, 7) is 0.647. The van der Waals surface area contributed by atoms with Gasteiger partial charge in [-0.2, -0.15) is 0 Å².